The van der Waals surface area contributed by atoms with E-state index in [4.69, 9.17) is 14.2 Å². The minimum absolute atomic E-state index is 0.241. The first-order valence-electron chi connectivity index (χ1n) is 5.65. The highest BCUT2D eigenvalue weighted by Gasteiger charge is 2.35. The lowest BCUT2D eigenvalue weighted by atomic mass is 10.3. The summed E-state index contributed by atoms with van der Waals surface area (Å²) in [6.07, 6.45) is -0.971. The maximum Gasteiger partial charge on any atom is 0.349 e. The van der Waals surface area contributed by atoms with E-state index in [1.54, 1.807) is 18.7 Å². The lowest BCUT2D eigenvalue weighted by molar-refractivity contribution is -0.221. The highest BCUT2D eigenvalue weighted by atomic mass is 32.2. The second-order valence-corrected chi connectivity index (χ2v) is 5.39. The summed E-state index contributed by atoms with van der Waals surface area (Å²) in [5.41, 5.74) is 0.241. The molecule has 1 aliphatic rings. The molecule has 0 N–H and O–H groups in total. The maximum atomic E-state index is 11.8. The Morgan fingerprint density at radius 1 is 1.50 bits per heavy atom. The Kier molecular flexibility index (Phi) is 5.22. The van der Waals surface area contributed by atoms with E-state index >= 15 is 0 Å². The first-order chi connectivity index (χ1) is 8.34. The zero-order valence-corrected chi connectivity index (χ0v) is 11.7. The fraction of sp³-hybridized carbons (Fsp3) is 0.667. The molecule has 0 saturated carbocycles. The van der Waals surface area contributed by atoms with E-state index in [-0.39, 0.29) is 5.57 Å². The van der Waals surface area contributed by atoms with Crippen molar-refractivity contribution in [2.45, 2.75) is 32.7 Å². The van der Waals surface area contributed by atoms with Crippen molar-refractivity contribution in [3.8, 4) is 0 Å². The topological polar surface area (TPSA) is 61.8 Å². The fourth-order valence-corrected chi connectivity index (χ4v) is 2.14. The Balaban J connectivity index is 2.48. The number of thioether (sulfide) groups is 1. The van der Waals surface area contributed by atoms with Crippen LogP contribution in [0.15, 0.2) is 12.2 Å². The van der Waals surface area contributed by atoms with Crippen molar-refractivity contribution < 1.29 is 23.8 Å². The van der Waals surface area contributed by atoms with Crippen molar-refractivity contribution in [1.29, 1.82) is 0 Å². The van der Waals surface area contributed by atoms with Gasteiger partial charge in [-0.1, -0.05) is 6.58 Å². The van der Waals surface area contributed by atoms with Gasteiger partial charge in [0.05, 0.1) is 12.4 Å². The van der Waals surface area contributed by atoms with Gasteiger partial charge in [-0.05, 0) is 13.8 Å². The van der Waals surface area contributed by atoms with E-state index in [1.165, 1.54) is 13.8 Å². The van der Waals surface area contributed by atoms with Gasteiger partial charge in [0.2, 0.25) is 5.79 Å². The molecule has 0 radical (unpaired) electrons. The Hall–Kier alpha value is -1.01. The summed E-state index contributed by atoms with van der Waals surface area (Å²) in [4.78, 5) is 23.0. The standard InChI is InChI=1S/C12H18O5S/c1-8(2)10(13)16-9(3)11(14)17-12(4)7-18-6-5-15-12/h9H,1,5-7H2,2-4H3. The molecule has 1 fully saturated rings. The molecule has 5 nitrogen and oxygen atoms in total. The average molecular weight is 274 g/mol. The second kappa shape index (κ2) is 6.24. The zero-order valence-electron chi connectivity index (χ0n) is 10.9. The minimum atomic E-state index is -0.971. The molecule has 2 unspecified atom stereocenters. The molecular formula is C12H18O5S. The SMILES string of the molecule is C=C(C)C(=O)OC(C)C(=O)OC1(C)CSCCO1. The number of hydrogen-bond donors (Lipinski definition) is 0. The van der Waals surface area contributed by atoms with Crippen LogP contribution in [0.25, 0.3) is 0 Å². The molecule has 18 heavy (non-hydrogen) atoms. The van der Waals surface area contributed by atoms with Crippen LogP contribution in [0, 0.1) is 0 Å². The van der Waals surface area contributed by atoms with Crippen molar-refractivity contribution in [3.05, 3.63) is 12.2 Å². The van der Waals surface area contributed by atoms with E-state index in [2.05, 4.69) is 6.58 Å². The van der Waals surface area contributed by atoms with E-state index in [9.17, 15) is 9.59 Å². The Morgan fingerprint density at radius 2 is 2.17 bits per heavy atom. The molecule has 0 bridgehead atoms. The van der Waals surface area contributed by atoms with Crippen LogP contribution in [0.3, 0.4) is 0 Å². The summed E-state index contributed by atoms with van der Waals surface area (Å²) in [7, 11) is 0. The van der Waals surface area contributed by atoms with Crippen molar-refractivity contribution in [3.63, 3.8) is 0 Å². The van der Waals surface area contributed by atoms with Crippen molar-refractivity contribution >= 4 is 23.7 Å². The van der Waals surface area contributed by atoms with Crippen molar-refractivity contribution in [2.24, 2.45) is 0 Å². The van der Waals surface area contributed by atoms with Gasteiger partial charge in [-0.25, -0.2) is 9.59 Å². The van der Waals surface area contributed by atoms with Gasteiger partial charge in [-0.15, -0.1) is 0 Å². The predicted molar refractivity (Wildman–Crippen MR) is 68.1 cm³/mol. The summed E-state index contributed by atoms with van der Waals surface area (Å²) in [6, 6.07) is 0. The smallest absolute Gasteiger partial charge is 0.349 e. The highest BCUT2D eigenvalue weighted by Crippen LogP contribution is 2.25. The first kappa shape index (κ1) is 15.0. The van der Waals surface area contributed by atoms with Crippen molar-refractivity contribution in [1.82, 2.24) is 0 Å². The lowest BCUT2D eigenvalue weighted by Gasteiger charge is -2.33. The predicted octanol–water partition coefficient (Wildman–Crippen LogP) is 1.52. The summed E-state index contributed by atoms with van der Waals surface area (Å²) in [5.74, 6) is -0.713. The molecule has 102 valence electrons. The molecule has 0 aromatic heterocycles. The van der Waals surface area contributed by atoms with Gasteiger partial charge in [0.25, 0.3) is 0 Å². The third-order valence-electron chi connectivity index (χ3n) is 2.28. The molecule has 6 heteroatoms. The third-order valence-corrected chi connectivity index (χ3v) is 3.46. The van der Waals surface area contributed by atoms with E-state index < -0.39 is 23.8 Å². The monoisotopic (exact) mass is 274 g/mol. The van der Waals surface area contributed by atoms with Crippen LogP contribution in [0.4, 0.5) is 0 Å². The average Bonchev–Trinajstić information content (AvgIpc) is 2.28. The lowest BCUT2D eigenvalue weighted by Crippen LogP contribution is -2.43. The fourth-order valence-electron chi connectivity index (χ4n) is 1.28. The number of esters is 2. The number of rotatable bonds is 4. The summed E-state index contributed by atoms with van der Waals surface area (Å²) >= 11 is 1.65. The van der Waals surface area contributed by atoms with Crippen LogP contribution < -0.4 is 0 Å². The van der Waals surface area contributed by atoms with E-state index in [0.29, 0.717) is 12.4 Å². The molecule has 0 spiro atoms. The van der Waals surface area contributed by atoms with Gasteiger partial charge in [0.1, 0.15) is 0 Å². The van der Waals surface area contributed by atoms with Crippen LogP contribution in [-0.4, -0.2) is 41.9 Å². The number of carbonyl (C=O) groups excluding carboxylic acids is 2. The minimum Gasteiger partial charge on any atom is -0.447 e. The van der Waals surface area contributed by atoms with Crippen LogP contribution in [0.5, 0.6) is 0 Å². The molecular weight excluding hydrogens is 256 g/mol. The summed E-state index contributed by atoms with van der Waals surface area (Å²) in [6.45, 7) is 8.65. The van der Waals surface area contributed by atoms with Gasteiger partial charge in [0, 0.05) is 18.2 Å². The van der Waals surface area contributed by atoms with Gasteiger partial charge in [0.15, 0.2) is 6.10 Å². The maximum absolute atomic E-state index is 11.8. The van der Waals surface area contributed by atoms with E-state index in [0.717, 1.165) is 5.75 Å². The quantitative estimate of drug-likeness (QED) is 0.572. The molecule has 1 rings (SSSR count). The Labute approximate surface area is 111 Å². The number of carbonyl (C=O) groups is 2. The number of ether oxygens (including phenoxy) is 3. The highest BCUT2D eigenvalue weighted by molar-refractivity contribution is 7.99. The second-order valence-electron chi connectivity index (χ2n) is 4.28. The molecule has 0 aliphatic carbocycles. The Morgan fingerprint density at radius 3 is 2.67 bits per heavy atom. The molecule has 0 amide bonds. The van der Waals surface area contributed by atoms with E-state index in [1.807, 2.05) is 0 Å². The molecule has 0 aromatic carbocycles. The molecule has 1 aliphatic heterocycles. The van der Waals surface area contributed by atoms with Crippen LogP contribution >= 0.6 is 11.8 Å². The largest absolute Gasteiger partial charge is 0.447 e. The van der Waals surface area contributed by atoms with Crippen LogP contribution in [0.1, 0.15) is 20.8 Å². The normalized spacial score (nSPS) is 25.1. The first-order valence-corrected chi connectivity index (χ1v) is 6.80. The molecule has 1 saturated heterocycles. The summed E-state index contributed by atoms with van der Waals surface area (Å²) in [5, 5.41) is 0. The van der Waals surface area contributed by atoms with Crippen molar-refractivity contribution in [2.75, 3.05) is 18.1 Å². The molecule has 2 atom stereocenters. The summed E-state index contributed by atoms with van der Waals surface area (Å²) < 4.78 is 15.5. The molecule has 1 heterocycles. The van der Waals surface area contributed by atoms with Crippen LogP contribution in [0.2, 0.25) is 0 Å². The van der Waals surface area contributed by atoms with Gasteiger partial charge in [-0.3, -0.25) is 0 Å². The van der Waals surface area contributed by atoms with Crippen LogP contribution in [-0.2, 0) is 23.8 Å². The number of hydrogen-bond acceptors (Lipinski definition) is 6. The van der Waals surface area contributed by atoms with Gasteiger partial charge in [-0.2, -0.15) is 11.8 Å². The molecule has 0 aromatic rings. The third kappa shape index (κ3) is 4.34. The van der Waals surface area contributed by atoms with Gasteiger partial charge >= 0.3 is 11.9 Å². The zero-order chi connectivity index (χ0) is 13.8. The van der Waals surface area contributed by atoms with Gasteiger partial charge < -0.3 is 14.2 Å². The Bertz CT molecular complexity index is 346.